The Bertz CT molecular complexity index is 607. The maximum absolute atomic E-state index is 12.2. The molecule has 1 aliphatic heterocycles. The van der Waals surface area contributed by atoms with E-state index >= 15 is 0 Å². The monoisotopic (exact) mass is 396 g/mol. The van der Waals surface area contributed by atoms with Crippen molar-refractivity contribution in [3.8, 4) is 5.75 Å². The van der Waals surface area contributed by atoms with E-state index in [1.54, 1.807) is 31.3 Å². The van der Waals surface area contributed by atoms with Crippen LogP contribution in [-0.4, -0.2) is 62.6 Å². The normalized spacial score (nSPS) is 18.6. The molecule has 1 saturated heterocycles. The Morgan fingerprint density at radius 1 is 1.32 bits per heavy atom. The summed E-state index contributed by atoms with van der Waals surface area (Å²) < 4.78 is 28.9. The van der Waals surface area contributed by atoms with Crippen LogP contribution in [0.3, 0.4) is 0 Å². The number of rotatable bonds is 8. The summed E-state index contributed by atoms with van der Waals surface area (Å²) >= 11 is 0. The smallest absolute Gasteiger partial charge is 0.387 e. The predicted octanol–water partition coefficient (Wildman–Crippen LogP) is 3.66. The number of likely N-dealkylation sites (tertiary alicyclic amines) is 1. The maximum Gasteiger partial charge on any atom is 0.387 e. The third-order valence-electron chi connectivity index (χ3n) is 4.92. The number of hydrogen-bond donors (Lipinski definition) is 1. The number of alkyl halides is 2. The topological polar surface area (TPSA) is 40.1 Å². The van der Waals surface area contributed by atoms with Crippen LogP contribution in [0.5, 0.6) is 5.75 Å². The molecule has 0 amide bonds. The minimum Gasteiger partial charge on any atom is -0.435 e. The van der Waals surface area contributed by atoms with E-state index in [-0.39, 0.29) is 5.75 Å². The summed E-state index contributed by atoms with van der Waals surface area (Å²) in [5, 5.41) is 3.50. The van der Waals surface area contributed by atoms with Crippen LogP contribution in [0.2, 0.25) is 0 Å². The summed E-state index contributed by atoms with van der Waals surface area (Å²) in [5.41, 5.74) is 1.01. The van der Waals surface area contributed by atoms with Crippen molar-refractivity contribution < 1.29 is 13.5 Å². The Morgan fingerprint density at radius 2 is 2.04 bits per heavy atom. The standard InChI is InChI=1S/C21H34F2N4O/c1-16(2)13-27-11-5-6-18(15-27)12-25-21(24-3)26(4)14-17-7-9-19(10-8-17)28-20(22)23/h7-10,16,18,20H,5-6,11-15H2,1-4H3,(H,24,25). The van der Waals surface area contributed by atoms with Crippen molar-refractivity contribution >= 4 is 5.96 Å². The third kappa shape index (κ3) is 7.62. The van der Waals surface area contributed by atoms with Gasteiger partial charge in [-0.2, -0.15) is 8.78 Å². The third-order valence-corrected chi connectivity index (χ3v) is 4.92. The van der Waals surface area contributed by atoms with Gasteiger partial charge in [0.1, 0.15) is 5.75 Å². The lowest BCUT2D eigenvalue weighted by Gasteiger charge is -2.34. The van der Waals surface area contributed by atoms with Crippen molar-refractivity contribution in [3.63, 3.8) is 0 Å². The molecular formula is C21H34F2N4O. The fourth-order valence-electron chi connectivity index (χ4n) is 3.75. The lowest BCUT2D eigenvalue weighted by Crippen LogP contribution is -2.45. The minimum atomic E-state index is -2.80. The minimum absolute atomic E-state index is 0.173. The van der Waals surface area contributed by atoms with E-state index in [1.165, 1.54) is 19.4 Å². The molecule has 1 N–H and O–H groups in total. The molecule has 1 unspecified atom stereocenters. The molecular weight excluding hydrogens is 362 g/mol. The van der Waals surface area contributed by atoms with Gasteiger partial charge in [-0.25, -0.2) is 0 Å². The maximum atomic E-state index is 12.2. The van der Waals surface area contributed by atoms with Crippen molar-refractivity contribution in [2.45, 2.75) is 39.8 Å². The highest BCUT2D eigenvalue weighted by atomic mass is 19.3. The Kier molecular flexibility index (Phi) is 8.96. The van der Waals surface area contributed by atoms with Crippen LogP contribution in [0.1, 0.15) is 32.3 Å². The fourth-order valence-corrected chi connectivity index (χ4v) is 3.75. The number of nitrogens with zero attached hydrogens (tertiary/aromatic N) is 3. The summed E-state index contributed by atoms with van der Waals surface area (Å²) in [6.45, 7) is 6.79. The van der Waals surface area contributed by atoms with Gasteiger partial charge < -0.3 is 19.9 Å². The average molecular weight is 397 g/mol. The van der Waals surface area contributed by atoms with Gasteiger partial charge in [0.25, 0.3) is 0 Å². The summed E-state index contributed by atoms with van der Waals surface area (Å²) in [7, 11) is 3.76. The van der Waals surface area contributed by atoms with Gasteiger partial charge in [0.2, 0.25) is 0 Å². The Hall–Kier alpha value is -1.89. The number of halogens is 2. The van der Waals surface area contributed by atoms with Crippen molar-refractivity contribution in [2.75, 3.05) is 40.3 Å². The SMILES string of the molecule is CN=C(NCC1CCCN(CC(C)C)C1)N(C)Cc1ccc(OC(F)F)cc1. The van der Waals surface area contributed by atoms with Crippen molar-refractivity contribution in [1.82, 2.24) is 15.1 Å². The number of benzene rings is 1. The highest BCUT2D eigenvalue weighted by Crippen LogP contribution is 2.18. The first-order valence-corrected chi connectivity index (χ1v) is 10.0. The predicted molar refractivity (Wildman–Crippen MR) is 110 cm³/mol. The quantitative estimate of drug-likeness (QED) is 0.538. The van der Waals surface area contributed by atoms with Gasteiger partial charge in [0.05, 0.1) is 0 Å². The molecule has 1 heterocycles. The zero-order valence-electron chi connectivity index (χ0n) is 17.5. The molecule has 158 valence electrons. The molecule has 0 aromatic heterocycles. The van der Waals surface area contributed by atoms with Gasteiger partial charge in [-0.15, -0.1) is 0 Å². The van der Waals surface area contributed by atoms with Gasteiger partial charge in [-0.1, -0.05) is 26.0 Å². The van der Waals surface area contributed by atoms with E-state index in [4.69, 9.17) is 0 Å². The van der Waals surface area contributed by atoms with Crippen LogP contribution >= 0.6 is 0 Å². The number of piperidine rings is 1. The Balaban J connectivity index is 1.82. The van der Waals surface area contributed by atoms with Gasteiger partial charge in [0, 0.05) is 40.3 Å². The Labute approximate surface area is 167 Å². The number of ether oxygens (including phenoxy) is 1. The molecule has 1 fully saturated rings. The summed E-state index contributed by atoms with van der Waals surface area (Å²) in [4.78, 5) is 8.99. The highest BCUT2D eigenvalue weighted by Gasteiger charge is 2.21. The van der Waals surface area contributed by atoms with Crippen LogP contribution in [0.15, 0.2) is 29.3 Å². The first-order valence-electron chi connectivity index (χ1n) is 10.0. The van der Waals surface area contributed by atoms with E-state index in [9.17, 15) is 8.78 Å². The second-order valence-electron chi connectivity index (χ2n) is 7.97. The van der Waals surface area contributed by atoms with E-state index in [0.29, 0.717) is 18.4 Å². The molecule has 1 aliphatic rings. The van der Waals surface area contributed by atoms with Crippen molar-refractivity contribution in [3.05, 3.63) is 29.8 Å². The summed E-state index contributed by atoms with van der Waals surface area (Å²) in [6, 6.07) is 6.73. The first-order chi connectivity index (χ1) is 13.4. The molecule has 1 aromatic rings. The number of aliphatic imine (C=N–C) groups is 1. The van der Waals surface area contributed by atoms with Gasteiger partial charge >= 0.3 is 6.61 Å². The molecule has 2 rings (SSSR count). The van der Waals surface area contributed by atoms with Gasteiger partial charge in [0.15, 0.2) is 5.96 Å². The summed E-state index contributed by atoms with van der Waals surface area (Å²) in [5.74, 6) is 2.34. The van der Waals surface area contributed by atoms with E-state index in [0.717, 1.165) is 31.2 Å². The van der Waals surface area contributed by atoms with E-state index in [1.807, 2.05) is 11.9 Å². The average Bonchev–Trinajstić information content (AvgIpc) is 2.63. The molecule has 0 saturated carbocycles. The lowest BCUT2D eigenvalue weighted by atomic mass is 9.97. The number of hydrogen-bond acceptors (Lipinski definition) is 3. The highest BCUT2D eigenvalue weighted by molar-refractivity contribution is 5.79. The van der Waals surface area contributed by atoms with Crippen molar-refractivity contribution in [1.29, 1.82) is 0 Å². The van der Waals surface area contributed by atoms with Gasteiger partial charge in [-0.3, -0.25) is 4.99 Å². The summed E-state index contributed by atoms with van der Waals surface area (Å²) in [6.07, 6.45) is 2.49. The van der Waals surface area contributed by atoms with Crippen LogP contribution in [0.25, 0.3) is 0 Å². The number of guanidine groups is 1. The van der Waals surface area contributed by atoms with Crippen molar-refractivity contribution in [2.24, 2.45) is 16.8 Å². The van der Waals surface area contributed by atoms with Crippen LogP contribution in [-0.2, 0) is 6.54 Å². The molecule has 1 atom stereocenters. The molecule has 0 bridgehead atoms. The first kappa shape index (κ1) is 22.4. The van der Waals surface area contributed by atoms with Crippen LogP contribution < -0.4 is 10.1 Å². The molecule has 0 radical (unpaired) electrons. The van der Waals surface area contributed by atoms with Gasteiger partial charge in [-0.05, 0) is 48.9 Å². The zero-order chi connectivity index (χ0) is 20.5. The molecule has 0 spiro atoms. The fraction of sp³-hybridized carbons (Fsp3) is 0.667. The molecule has 1 aromatic carbocycles. The largest absolute Gasteiger partial charge is 0.435 e. The molecule has 0 aliphatic carbocycles. The zero-order valence-corrected chi connectivity index (χ0v) is 17.5. The molecule has 5 nitrogen and oxygen atoms in total. The Morgan fingerprint density at radius 3 is 2.64 bits per heavy atom. The number of nitrogens with one attached hydrogen (secondary N) is 1. The molecule has 7 heteroatoms. The van der Waals surface area contributed by atoms with E-state index in [2.05, 4.69) is 33.8 Å². The van der Waals surface area contributed by atoms with Crippen LogP contribution in [0.4, 0.5) is 8.78 Å². The lowest BCUT2D eigenvalue weighted by molar-refractivity contribution is -0.0498. The van der Waals surface area contributed by atoms with Crippen LogP contribution in [0, 0.1) is 11.8 Å². The van der Waals surface area contributed by atoms with E-state index < -0.39 is 6.61 Å². The second-order valence-corrected chi connectivity index (χ2v) is 7.97. The molecule has 28 heavy (non-hydrogen) atoms. The second kappa shape index (κ2) is 11.2.